The van der Waals surface area contributed by atoms with Crippen molar-refractivity contribution >= 4 is 106 Å². The molecule has 1 amide bonds. The maximum absolute atomic E-state index is 14.1. The number of imidazole rings is 2. The highest BCUT2D eigenvalue weighted by molar-refractivity contribution is 7.47. The summed E-state index contributed by atoms with van der Waals surface area (Å²) < 4.78 is 129. The standard InChI is InChI=1S/C36H39N11O16P2.C20H17N3O4.C19H26N8O13P2/c1-3-4-5-24(48)40-13-25-45-27(30(61-25)18-6-8-19(39-2)9-7-18)35(50)62-31-22(60-34(29(31)49)47-17-43-28-32(38)41-16-42-33(28)47)15-58-65(55,56)63-20-12-26(46-11-10-23(37)44-36(46)51)59-21(20)14-57-64(52,53)54;1-2-3-4-16(24)9-10-17-23-18(20(25)26-12-11-21)19(27-17)15-7-5-14(13-22)6-8-15;20-11-1-2-26(19(30)25-11)12-3-8(9(38-12)4-36-41(31,32)33)40-42(34,35)37-5-10-14(28)15(29)18(39-10)27-7-24-13-16(21)22-6-23-17(13)27/h3,6-11,16-17,20-22,26,29,31,34,49H,1,4-5,12-15H2,(H,40,48)(H,55,56)(H2,37,44,51)(H2,38,41,42)(H2,52,53,54);2,5-8H,1,3-4,9-10,12H2;1-2,6-10,12,14-15,18,28-29H,3-5H2,(H,34,35)(H2,20,25,30)(H2,21,22,23)(H2,31,32,33)/t20-,21-,22-,26-,29?,31+,34-;;8-,9-,10-,12-,14+,15?,18-/m1.1/s1. The van der Waals surface area contributed by atoms with Crippen LogP contribution in [0.15, 0.2) is 142 Å². The molecule has 4 fully saturated rings. The number of anilines is 4. The molecule has 18 N–H and O–H groups in total. The minimum absolute atomic E-state index is 0.0154. The lowest BCUT2D eigenvalue weighted by molar-refractivity contribution is -0.121. The molecule has 4 aliphatic rings. The van der Waals surface area contributed by atoms with Gasteiger partial charge < -0.3 is 110 Å². The van der Waals surface area contributed by atoms with Crippen LogP contribution < -0.4 is 39.6 Å². The van der Waals surface area contributed by atoms with E-state index in [2.05, 4.69) is 82.2 Å². The summed E-state index contributed by atoms with van der Waals surface area (Å²) >= 11 is 0. The molecule has 8 aromatic heterocycles. The number of esters is 2. The Labute approximate surface area is 752 Å². The highest BCUT2D eigenvalue weighted by atomic mass is 31.2. The number of phosphoric acid groups is 4. The summed E-state index contributed by atoms with van der Waals surface area (Å²) in [5, 5.41) is 53.0. The summed E-state index contributed by atoms with van der Waals surface area (Å²) in [5.74, 6) is -2.27. The Morgan fingerprint density at radius 1 is 0.575 bits per heavy atom. The van der Waals surface area contributed by atoms with Crippen LogP contribution in [0.3, 0.4) is 0 Å². The number of fused-ring (bicyclic) bond motifs is 2. The van der Waals surface area contributed by atoms with E-state index in [0.717, 1.165) is 15.5 Å². The van der Waals surface area contributed by atoms with E-state index in [1.54, 1.807) is 42.5 Å². The fourth-order valence-corrected chi connectivity index (χ4v) is 16.1. The molecule has 0 aliphatic carbocycles. The zero-order valence-electron chi connectivity index (χ0n) is 69.3. The number of nitrogens with one attached hydrogen (secondary N) is 1. The molecule has 4 saturated heterocycles. The quantitative estimate of drug-likeness (QED) is 0.0115. The van der Waals surface area contributed by atoms with Gasteiger partial charge in [0.25, 0.3) is 0 Å². The van der Waals surface area contributed by atoms with E-state index in [1.807, 2.05) is 6.07 Å². The monoisotopic (exact) mass is 1940 g/mol. The fraction of sp³-hybridized carbons (Fsp3) is 0.373. The number of ether oxygens (including phenoxy) is 6. The van der Waals surface area contributed by atoms with Crippen molar-refractivity contribution in [2.75, 3.05) is 56.0 Å². The SMILES string of the molecule is C=CCCC(=O)CCc1nc(C(=O)OCC#N)c(-c2ccc(C#N)cc2)o1.Nc1ccn([C@H]2C[C@@H](OP(=O)(O)OC[C@H]3O[C@@H](n4cnc5c(N)ncnc54)C(O)[C@H]3O)[C@@H](COP(=O)(O)O)O2)c(=O)n1.[C-]#[N+]c1ccc(-c2oc(CNC(=O)CCC=C)nc2C(=O)O[C@@H]2C(O)[C@H](n3cnc4c(N)ncnc43)O[C@@H]2COP(=O)(O)O[C@@H]2C[C@H](n3ccc(N)nc3=O)O[C@@H]2COP(=O)(O)O)cc1. The Bertz CT molecular complexity index is 6430. The van der Waals surface area contributed by atoms with Gasteiger partial charge in [0.2, 0.25) is 11.8 Å². The van der Waals surface area contributed by atoms with Crippen LogP contribution in [-0.4, -0.2) is 230 Å². The van der Waals surface area contributed by atoms with E-state index in [1.165, 1.54) is 76.9 Å². The summed E-state index contributed by atoms with van der Waals surface area (Å²) in [5.41, 5.74) is 22.8. The number of aromatic nitrogens is 14. The molecule has 0 saturated carbocycles. The Balaban J connectivity index is 0.000000200. The summed E-state index contributed by atoms with van der Waals surface area (Å²) in [6.07, 6.45) is -8.50. The average Bonchev–Trinajstić information content (AvgIpc) is 1.62. The number of hydrogen-bond acceptors (Lipinski definition) is 43. The number of amides is 1. The lowest BCUT2D eigenvalue weighted by atomic mass is 10.1. The molecule has 10 aromatic rings. The van der Waals surface area contributed by atoms with Gasteiger partial charge in [0.1, 0.15) is 115 Å². The van der Waals surface area contributed by atoms with Gasteiger partial charge in [-0.25, -0.2) is 82.2 Å². The van der Waals surface area contributed by atoms with Crippen LogP contribution in [-0.2, 0) is 96.4 Å². The number of nitriles is 2. The van der Waals surface area contributed by atoms with Gasteiger partial charge in [-0.1, -0.05) is 36.4 Å². The minimum atomic E-state index is -5.27. The summed E-state index contributed by atoms with van der Waals surface area (Å²) in [6.45, 7) is 10.5. The number of nitrogens with two attached hydrogens (primary N) is 4. The third-order valence-corrected chi connectivity index (χ3v) is 22.8. The molecule has 0 radical (unpaired) electrons. The molecular formula is C75H82N22O33P4. The first-order valence-electron chi connectivity index (χ1n) is 39.4. The molecule has 2 aromatic carbocycles. The number of aryl methyl sites for hydroxylation is 1. The largest absolute Gasteiger partial charge is 0.472 e. The van der Waals surface area contributed by atoms with Crippen molar-refractivity contribution in [3.05, 3.63) is 185 Å². The molecule has 14 rings (SSSR count). The third-order valence-electron chi connectivity index (χ3n) is 19.8. The number of Topliss-reactive ketones (excluding diaryl/α,β-unsaturated/α-hetero) is 1. The lowest BCUT2D eigenvalue weighted by Gasteiger charge is -2.23. The zero-order valence-corrected chi connectivity index (χ0v) is 72.9. The number of ketones is 1. The molecule has 59 heteroatoms. The number of aliphatic hydroxyl groups excluding tert-OH is 3. The number of hydrogen-bond donors (Lipinski definition) is 14. The summed E-state index contributed by atoms with van der Waals surface area (Å²) in [6, 6.07) is 18.6. The van der Waals surface area contributed by atoms with Gasteiger partial charge >= 0.3 is 54.6 Å². The number of nitrogen functional groups attached to an aromatic ring is 4. The molecular weight excluding hydrogens is 1860 g/mol. The number of nitrogens with zero attached hydrogens (tertiary/aromatic N) is 17. The van der Waals surface area contributed by atoms with Crippen molar-refractivity contribution in [3.8, 4) is 34.8 Å². The summed E-state index contributed by atoms with van der Waals surface area (Å²) in [4.78, 5) is 177. The molecule has 4 aliphatic heterocycles. The Morgan fingerprint density at radius 2 is 1.05 bits per heavy atom. The first-order chi connectivity index (χ1) is 63.7. The fourth-order valence-electron chi connectivity index (χ4n) is 13.5. The molecule has 134 heavy (non-hydrogen) atoms. The van der Waals surface area contributed by atoms with Crippen molar-refractivity contribution in [3.63, 3.8) is 0 Å². The summed E-state index contributed by atoms with van der Waals surface area (Å²) in [7, 11) is -20.3. The van der Waals surface area contributed by atoms with E-state index in [9.17, 15) is 81.9 Å². The van der Waals surface area contributed by atoms with Gasteiger partial charge in [-0.05, 0) is 49.2 Å². The van der Waals surface area contributed by atoms with Crippen molar-refractivity contribution < 1.29 is 147 Å². The molecule has 4 unspecified atom stereocenters. The number of carbonyl (C=O) groups is 4. The van der Waals surface area contributed by atoms with Gasteiger partial charge in [0.15, 0.2) is 82.6 Å². The highest BCUT2D eigenvalue weighted by Crippen LogP contribution is 2.52. The van der Waals surface area contributed by atoms with Crippen LogP contribution in [0.5, 0.6) is 0 Å². The van der Waals surface area contributed by atoms with Crippen molar-refractivity contribution in [2.24, 2.45) is 0 Å². The molecule has 710 valence electrons. The Kier molecular flexibility index (Phi) is 32.8. The van der Waals surface area contributed by atoms with Gasteiger partial charge in [-0.3, -0.25) is 55.0 Å². The van der Waals surface area contributed by atoms with Crippen LogP contribution in [0.2, 0.25) is 0 Å². The Morgan fingerprint density at radius 3 is 1.55 bits per heavy atom. The number of benzene rings is 2. The van der Waals surface area contributed by atoms with Crippen LogP contribution in [0.25, 0.3) is 49.8 Å². The van der Waals surface area contributed by atoms with Crippen LogP contribution in [0.4, 0.5) is 29.0 Å². The molecule has 55 nitrogen and oxygen atoms in total. The topological polar surface area (TPSA) is 806 Å². The van der Waals surface area contributed by atoms with Gasteiger partial charge in [0, 0.05) is 62.0 Å². The first-order valence-corrected chi connectivity index (χ1v) is 45.5. The highest BCUT2D eigenvalue weighted by Gasteiger charge is 2.52. The number of allylic oxidation sites excluding steroid dienone is 2. The van der Waals surface area contributed by atoms with E-state index in [0.29, 0.717) is 30.4 Å². The van der Waals surface area contributed by atoms with Gasteiger partial charge in [-0.15, -0.1) is 13.2 Å². The van der Waals surface area contributed by atoms with E-state index >= 15 is 0 Å². The second-order valence-corrected chi connectivity index (χ2v) is 34.3. The van der Waals surface area contributed by atoms with E-state index in [-0.39, 0.29) is 136 Å². The van der Waals surface area contributed by atoms with Crippen LogP contribution in [0.1, 0.15) is 108 Å². The third kappa shape index (κ3) is 25.5. The second-order valence-electron chi connectivity index (χ2n) is 29.0. The predicted octanol–water partition coefficient (Wildman–Crippen LogP) is 2.55. The number of oxazole rings is 2. The van der Waals surface area contributed by atoms with Crippen molar-refractivity contribution in [1.29, 1.82) is 10.5 Å². The minimum Gasteiger partial charge on any atom is -0.452 e. The zero-order chi connectivity index (χ0) is 96.7. The van der Waals surface area contributed by atoms with Crippen LogP contribution in [0, 0.1) is 29.2 Å². The maximum atomic E-state index is 14.1. The number of rotatable bonds is 37. The average molecular weight is 1940 g/mol. The second kappa shape index (κ2) is 43.9. The Hall–Kier alpha value is -12.9. The van der Waals surface area contributed by atoms with Gasteiger partial charge in [-0.2, -0.15) is 20.5 Å². The maximum Gasteiger partial charge on any atom is 0.472 e. The smallest absolute Gasteiger partial charge is 0.452 e. The predicted molar refractivity (Wildman–Crippen MR) is 449 cm³/mol. The lowest BCUT2D eigenvalue weighted by Crippen LogP contribution is -2.38. The first kappa shape index (κ1) is 100. The number of aliphatic hydroxyl groups is 3. The molecule has 0 bridgehead atoms. The number of carbonyl (C=O) groups excluding carboxylic acids is 4. The normalized spacial score (nSPS) is 22.4. The van der Waals surface area contributed by atoms with Crippen molar-refractivity contribution in [2.45, 2.75) is 144 Å². The van der Waals surface area contributed by atoms with Crippen LogP contribution >= 0.6 is 31.3 Å². The van der Waals surface area contributed by atoms with Gasteiger partial charge in [0.05, 0.1) is 63.8 Å². The van der Waals surface area contributed by atoms with E-state index < -0.39 is 179 Å². The van der Waals surface area contributed by atoms with Crippen molar-refractivity contribution in [1.82, 2.24) is 73.4 Å². The van der Waals surface area contributed by atoms with E-state index in [4.69, 9.17) is 105 Å². The number of phosphoric ester groups is 4. The molecule has 0 spiro atoms. The molecule has 16 atom stereocenters. The molecule has 12 heterocycles.